The number of rotatable bonds is 3. The maximum atomic E-state index is 11.0. The third kappa shape index (κ3) is 1.70. The van der Waals surface area contributed by atoms with E-state index in [0.717, 1.165) is 12.8 Å². The lowest BCUT2D eigenvalue weighted by Crippen LogP contribution is -2.27. The lowest BCUT2D eigenvalue weighted by molar-refractivity contribution is 0.0689. The zero-order valence-corrected chi connectivity index (χ0v) is 8.89. The summed E-state index contributed by atoms with van der Waals surface area (Å²) in [6, 6.07) is 0. The SMILES string of the molecule is NC1CCCc2c(C(=O)O)nc(CCO)n21. The Hall–Kier alpha value is -1.40. The van der Waals surface area contributed by atoms with E-state index in [9.17, 15) is 4.79 Å². The molecule has 1 atom stereocenters. The van der Waals surface area contributed by atoms with Gasteiger partial charge in [0.2, 0.25) is 0 Å². The van der Waals surface area contributed by atoms with Crippen molar-refractivity contribution in [2.24, 2.45) is 5.73 Å². The first-order valence-electron chi connectivity index (χ1n) is 5.35. The highest BCUT2D eigenvalue weighted by molar-refractivity contribution is 5.87. The largest absolute Gasteiger partial charge is 0.476 e. The van der Waals surface area contributed by atoms with Gasteiger partial charge in [-0.1, -0.05) is 0 Å². The van der Waals surface area contributed by atoms with Gasteiger partial charge in [0, 0.05) is 6.42 Å². The molecule has 88 valence electrons. The molecule has 0 fully saturated rings. The average molecular weight is 225 g/mol. The van der Waals surface area contributed by atoms with Crippen molar-refractivity contribution < 1.29 is 15.0 Å². The number of fused-ring (bicyclic) bond motifs is 1. The highest BCUT2D eigenvalue weighted by atomic mass is 16.4. The van der Waals surface area contributed by atoms with Gasteiger partial charge >= 0.3 is 5.97 Å². The van der Waals surface area contributed by atoms with Gasteiger partial charge in [-0.3, -0.25) is 0 Å². The number of aromatic nitrogens is 2. The molecule has 0 radical (unpaired) electrons. The average Bonchev–Trinajstić information content (AvgIpc) is 2.59. The van der Waals surface area contributed by atoms with Gasteiger partial charge < -0.3 is 20.5 Å². The second-order valence-electron chi connectivity index (χ2n) is 3.93. The fourth-order valence-corrected chi connectivity index (χ4v) is 2.20. The van der Waals surface area contributed by atoms with E-state index in [-0.39, 0.29) is 18.5 Å². The molecule has 6 heteroatoms. The number of carboxylic acids is 1. The van der Waals surface area contributed by atoms with Crippen molar-refractivity contribution in [2.45, 2.75) is 31.8 Å². The highest BCUT2D eigenvalue weighted by Crippen LogP contribution is 2.26. The normalized spacial score (nSPS) is 19.5. The van der Waals surface area contributed by atoms with Crippen LogP contribution in [-0.4, -0.2) is 32.3 Å². The molecule has 0 saturated carbocycles. The first kappa shape index (κ1) is 11.1. The second-order valence-corrected chi connectivity index (χ2v) is 3.93. The lowest BCUT2D eigenvalue weighted by atomic mass is 10.1. The topological polar surface area (TPSA) is 101 Å². The molecule has 0 amide bonds. The smallest absolute Gasteiger partial charge is 0.356 e. The molecule has 1 aliphatic heterocycles. The molecule has 1 aliphatic rings. The van der Waals surface area contributed by atoms with Crippen LogP contribution in [0.1, 0.15) is 41.0 Å². The van der Waals surface area contributed by atoms with E-state index >= 15 is 0 Å². The minimum atomic E-state index is -1.03. The van der Waals surface area contributed by atoms with E-state index in [4.69, 9.17) is 15.9 Å². The molecule has 2 rings (SSSR count). The molecule has 0 spiro atoms. The minimum Gasteiger partial charge on any atom is -0.476 e. The summed E-state index contributed by atoms with van der Waals surface area (Å²) in [7, 11) is 0. The zero-order chi connectivity index (χ0) is 11.7. The minimum absolute atomic E-state index is 0.0533. The number of aromatic carboxylic acids is 1. The summed E-state index contributed by atoms with van der Waals surface area (Å²) in [5.41, 5.74) is 6.71. The zero-order valence-electron chi connectivity index (χ0n) is 8.89. The Kier molecular flexibility index (Phi) is 2.93. The number of nitrogens with zero attached hydrogens (tertiary/aromatic N) is 2. The summed E-state index contributed by atoms with van der Waals surface area (Å²) in [4.78, 5) is 15.1. The molecule has 0 aliphatic carbocycles. The molecule has 1 unspecified atom stereocenters. The number of imidazole rings is 1. The third-order valence-corrected chi connectivity index (χ3v) is 2.87. The van der Waals surface area contributed by atoms with Gasteiger partial charge in [0.1, 0.15) is 5.82 Å². The van der Waals surface area contributed by atoms with Crippen LogP contribution in [0.15, 0.2) is 0 Å². The standard InChI is InChI=1S/C10H15N3O3/c11-7-3-1-2-6-9(10(15)16)12-8(4-5-14)13(6)7/h7,14H,1-5,11H2,(H,15,16). The molecule has 2 heterocycles. The molecule has 1 aromatic rings. The van der Waals surface area contributed by atoms with Crippen molar-refractivity contribution >= 4 is 5.97 Å². The molecule has 6 nitrogen and oxygen atoms in total. The van der Waals surface area contributed by atoms with Crippen LogP contribution in [0, 0.1) is 0 Å². The summed E-state index contributed by atoms with van der Waals surface area (Å²) in [6.45, 7) is -0.0533. The maximum Gasteiger partial charge on any atom is 0.356 e. The van der Waals surface area contributed by atoms with Crippen LogP contribution >= 0.6 is 0 Å². The molecule has 4 N–H and O–H groups in total. The van der Waals surface area contributed by atoms with Crippen molar-refractivity contribution in [1.29, 1.82) is 0 Å². The van der Waals surface area contributed by atoms with Gasteiger partial charge in [0.05, 0.1) is 18.5 Å². The van der Waals surface area contributed by atoms with E-state index in [1.807, 2.05) is 0 Å². The summed E-state index contributed by atoms with van der Waals surface area (Å²) < 4.78 is 1.77. The molecule has 0 saturated heterocycles. The predicted octanol–water partition coefficient (Wildman–Crippen LogP) is -0.0903. The van der Waals surface area contributed by atoms with Gasteiger partial charge in [-0.15, -0.1) is 0 Å². The second kappa shape index (κ2) is 4.23. The van der Waals surface area contributed by atoms with Crippen LogP contribution in [0.25, 0.3) is 0 Å². The summed E-state index contributed by atoms with van der Waals surface area (Å²) in [5, 5.41) is 17.9. The van der Waals surface area contributed by atoms with Crippen LogP contribution in [0.4, 0.5) is 0 Å². The number of aliphatic hydroxyl groups is 1. The van der Waals surface area contributed by atoms with Gasteiger partial charge in [-0.05, 0) is 19.3 Å². The molecule has 0 bridgehead atoms. The number of aliphatic hydroxyl groups excluding tert-OH is 1. The molecule has 16 heavy (non-hydrogen) atoms. The first-order valence-corrected chi connectivity index (χ1v) is 5.35. The van der Waals surface area contributed by atoms with Crippen LogP contribution in [0.2, 0.25) is 0 Å². The lowest BCUT2D eigenvalue weighted by Gasteiger charge is -2.23. The Balaban J connectivity index is 2.51. The van der Waals surface area contributed by atoms with Crippen molar-refractivity contribution in [3.63, 3.8) is 0 Å². The number of carbonyl (C=O) groups is 1. The van der Waals surface area contributed by atoms with Crippen molar-refractivity contribution in [2.75, 3.05) is 6.61 Å². The van der Waals surface area contributed by atoms with Gasteiger partial charge in [0.25, 0.3) is 0 Å². The number of nitrogens with two attached hydrogens (primary N) is 1. The third-order valence-electron chi connectivity index (χ3n) is 2.87. The number of hydrogen-bond donors (Lipinski definition) is 3. The molecular weight excluding hydrogens is 210 g/mol. The Morgan fingerprint density at radius 2 is 2.38 bits per heavy atom. The monoisotopic (exact) mass is 225 g/mol. The van der Waals surface area contributed by atoms with Crippen LogP contribution in [-0.2, 0) is 12.8 Å². The van der Waals surface area contributed by atoms with Crippen molar-refractivity contribution in [3.05, 3.63) is 17.2 Å². The Labute approximate surface area is 92.7 Å². The summed E-state index contributed by atoms with van der Waals surface area (Å²) in [5.74, 6) is -0.455. The van der Waals surface area contributed by atoms with Gasteiger partial charge in [0.15, 0.2) is 5.69 Å². The van der Waals surface area contributed by atoms with Gasteiger partial charge in [-0.2, -0.15) is 0 Å². The van der Waals surface area contributed by atoms with E-state index in [2.05, 4.69) is 4.98 Å². The van der Waals surface area contributed by atoms with Gasteiger partial charge in [-0.25, -0.2) is 9.78 Å². The molecular formula is C10H15N3O3. The van der Waals surface area contributed by atoms with E-state index in [1.165, 1.54) is 0 Å². The van der Waals surface area contributed by atoms with Crippen LogP contribution < -0.4 is 5.73 Å². The highest BCUT2D eigenvalue weighted by Gasteiger charge is 2.27. The van der Waals surface area contributed by atoms with E-state index < -0.39 is 5.97 Å². The van der Waals surface area contributed by atoms with E-state index in [1.54, 1.807) is 4.57 Å². The Bertz CT molecular complexity index is 414. The quantitative estimate of drug-likeness (QED) is 0.667. The van der Waals surface area contributed by atoms with Crippen molar-refractivity contribution in [3.8, 4) is 0 Å². The summed E-state index contributed by atoms with van der Waals surface area (Å²) >= 11 is 0. The van der Waals surface area contributed by atoms with Crippen LogP contribution in [0.3, 0.4) is 0 Å². The molecule has 1 aromatic heterocycles. The number of carboxylic acid groups (broad SMARTS) is 1. The predicted molar refractivity (Wildman–Crippen MR) is 56.1 cm³/mol. The van der Waals surface area contributed by atoms with Crippen LogP contribution in [0.5, 0.6) is 0 Å². The van der Waals surface area contributed by atoms with E-state index in [0.29, 0.717) is 24.4 Å². The number of hydrogen-bond acceptors (Lipinski definition) is 4. The Morgan fingerprint density at radius 3 is 3.00 bits per heavy atom. The fourth-order valence-electron chi connectivity index (χ4n) is 2.20. The Morgan fingerprint density at radius 1 is 1.62 bits per heavy atom. The maximum absolute atomic E-state index is 11.0. The molecule has 0 aromatic carbocycles. The fraction of sp³-hybridized carbons (Fsp3) is 0.600. The van der Waals surface area contributed by atoms with Crippen molar-refractivity contribution in [1.82, 2.24) is 9.55 Å². The first-order chi connectivity index (χ1) is 7.65. The summed E-state index contributed by atoms with van der Waals surface area (Å²) in [6.07, 6.45) is 2.51.